The molecule has 1 aromatic rings. The summed E-state index contributed by atoms with van der Waals surface area (Å²) in [6, 6.07) is 4.03. The van der Waals surface area contributed by atoms with Crippen molar-refractivity contribution < 1.29 is 13.9 Å². The Morgan fingerprint density at radius 1 is 1.41 bits per heavy atom. The molecule has 0 bridgehead atoms. The summed E-state index contributed by atoms with van der Waals surface area (Å²) >= 11 is 1.29. The smallest absolute Gasteiger partial charge is 0.139 e. The van der Waals surface area contributed by atoms with E-state index >= 15 is 0 Å². The van der Waals surface area contributed by atoms with Crippen molar-refractivity contribution in [1.82, 2.24) is 5.32 Å². The molecule has 17 heavy (non-hydrogen) atoms. The number of hydrogen-bond donors (Lipinski definition) is 2. The number of benzene rings is 1. The Bertz CT molecular complexity index is 385. The monoisotopic (exact) mass is 259 g/mol. The number of aliphatic hydroxyl groups excluding tert-OH is 1. The van der Waals surface area contributed by atoms with Crippen LogP contribution in [-0.2, 0) is 0 Å². The van der Waals surface area contributed by atoms with E-state index in [1.54, 1.807) is 0 Å². The summed E-state index contributed by atoms with van der Waals surface area (Å²) < 4.78 is 26.0. The van der Waals surface area contributed by atoms with Crippen LogP contribution in [0, 0.1) is 11.6 Å². The van der Waals surface area contributed by atoms with Gasteiger partial charge < -0.3 is 10.4 Å². The molecule has 1 aromatic carbocycles. The van der Waals surface area contributed by atoms with E-state index in [1.807, 2.05) is 0 Å². The van der Waals surface area contributed by atoms with Gasteiger partial charge >= 0.3 is 0 Å². The van der Waals surface area contributed by atoms with E-state index in [0.29, 0.717) is 16.7 Å². The highest BCUT2D eigenvalue weighted by atomic mass is 32.2. The van der Waals surface area contributed by atoms with Crippen molar-refractivity contribution in [3.05, 3.63) is 29.8 Å². The third-order valence-corrected chi connectivity index (χ3v) is 3.81. The van der Waals surface area contributed by atoms with E-state index in [1.165, 1.54) is 23.9 Å². The topological polar surface area (TPSA) is 32.3 Å². The molecule has 2 rings (SSSR count). The molecule has 1 aliphatic carbocycles. The second kappa shape index (κ2) is 5.80. The van der Waals surface area contributed by atoms with E-state index in [-0.39, 0.29) is 12.6 Å². The summed E-state index contributed by atoms with van der Waals surface area (Å²) in [7, 11) is 0. The summed E-state index contributed by atoms with van der Waals surface area (Å²) in [4.78, 5) is 0.419. The lowest BCUT2D eigenvalue weighted by atomic mass is 10.3. The summed E-state index contributed by atoms with van der Waals surface area (Å²) in [6.45, 7) is 0.0340. The molecule has 1 fully saturated rings. The maximum atomic E-state index is 13.3. The standard InChI is InChI=1S/C12H15F2NOS/c13-8-1-4-12(11(14)5-8)17-7-10(6-16)15-9-2-3-9/h1,4-5,9-10,15-16H,2-3,6-7H2. The van der Waals surface area contributed by atoms with Crippen LogP contribution in [0.25, 0.3) is 0 Å². The largest absolute Gasteiger partial charge is 0.395 e. The van der Waals surface area contributed by atoms with Gasteiger partial charge in [0.1, 0.15) is 11.6 Å². The van der Waals surface area contributed by atoms with Crippen LogP contribution < -0.4 is 5.32 Å². The van der Waals surface area contributed by atoms with Gasteiger partial charge in [0.25, 0.3) is 0 Å². The number of thioether (sulfide) groups is 1. The molecule has 2 nitrogen and oxygen atoms in total. The Balaban J connectivity index is 1.86. The summed E-state index contributed by atoms with van der Waals surface area (Å²) in [5, 5.41) is 12.4. The van der Waals surface area contributed by atoms with Gasteiger partial charge in [0, 0.05) is 28.8 Å². The van der Waals surface area contributed by atoms with Crippen LogP contribution in [-0.4, -0.2) is 29.5 Å². The number of aliphatic hydroxyl groups is 1. The Kier molecular flexibility index (Phi) is 4.36. The molecule has 1 atom stereocenters. The van der Waals surface area contributed by atoms with Crippen molar-refractivity contribution in [2.24, 2.45) is 0 Å². The summed E-state index contributed by atoms with van der Waals surface area (Å²) in [6.07, 6.45) is 2.29. The van der Waals surface area contributed by atoms with Crippen LogP contribution in [0.3, 0.4) is 0 Å². The zero-order valence-electron chi connectivity index (χ0n) is 9.33. The van der Waals surface area contributed by atoms with Crippen molar-refractivity contribution >= 4 is 11.8 Å². The second-order valence-corrected chi connectivity index (χ2v) is 5.27. The zero-order valence-corrected chi connectivity index (χ0v) is 10.1. The van der Waals surface area contributed by atoms with E-state index < -0.39 is 11.6 Å². The van der Waals surface area contributed by atoms with Gasteiger partial charge in [-0.1, -0.05) is 0 Å². The van der Waals surface area contributed by atoms with E-state index in [0.717, 1.165) is 18.9 Å². The molecular weight excluding hydrogens is 244 g/mol. The Labute approximate surface area is 103 Å². The van der Waals surface area contributed by atoms with Crippen LogP contribution >= 0.6 is 11.8 Å². The summed E-state index contributed by atoms with van der Waals surface area (Å²) in [5.74, 6) is -0.532. The highest BCUT2D eigenvalue weighted by Gasteiger charge is 2.24. The Hall–Kier alpha value is -0.650. The van der Waals surface area contributed by atoms with Gasteiger partial charge in [-0.05, 0) is 25.0 Å². The van der Waals surface area contributed by atoms with Gasteiger partial charge in [-0.25, -0.2) is 8.78 Å². The number of halogens is 2. The van der Waals surface area contributed by atoms with Crippen LogP contribution in [0.15, 0.2) is 23.1 Å². The normalized spacial score (nSPS) is 17.1. The quantitative estimate of drug-likeness (QED) is 0.768. The van der Waals surface area contributed by atoms with Crippen molar-refractivity contribution in [3.8, 4) is 0 Å². The van der Waals surface area contributed by atoms with Gasteiger partial charge in [0.2, 0.25) is 0 Å². The van der Waals surface area contributed by atoms with Crippen LogP contribution in [0.2, 0.25) is 0 Å². The molecule has 0 amide bonds. The average molecular weight is 259 g/mol. The van der Waals surface area contributed by atoms with Crippen LogP contribution in [0.5, 0.6) is 0 Å². The first kappa shape index (κ1) is 12.8. The molecule has 0 radical (unpaired) electrons. The Morgan fingerprint density at radius 2 is 2.18 bits per heavy atom. The third-order valence-electron chi connectivity index (χ3n) is 2.60. The molecule has 0 saturated heterocycles. The first-order valence-electron chi connectivity index (χ1n) is 5.64. The third kappa shape index (κ3) is 3.94. The molecule has 1 saturated carbocycles. The lowest BCUT2D eigenvalue weighted by molar-refractivity contribution is 0.253. The van der Waals surface area contributed by atoms with E-state index in [2.05, 4.69) is 5.32 Å². The van der Waals surface area contributed by atoms with Crippen molar-refractivity contribution in [3.63, 3.8) is 0 Å². The van der Waals surface area contributed by atoms with Gasteiger partial charge in [0.15, 0.2) is 0 Å². The maximum Gasteiger partial charge on any atom is 0.139 e. The van der Waals surface area contributed by atoms with Gasteiger partial charge in [-0.15, -0.1) is 11.8 Å². The molecule has 1 aliphatic rings. The molecule has 5 heteroatoms. The van der Waals surface area contributed by atoms with Crippen molar-refractivity contribution in [2.45, 2.75) is 29.8 Å². The summed E-state index contributed by atoms with van der Waals surface area (Å²) in [5.41, 5.74) is 0. The van der Waals surface area contributed by atoms with Crippen molar-refractivity contribution in [2.75, 3.05) is 12.4 Å². The molecule has 0 heterocycles. The molecule has 0 aromatic heterocycles. The van der Waals surface area contributed by atoms with Gasteiger partial charge in [-0.2, -0.15) is 0 Å². The van der Waals surface area contributed by atoms with Crippen molar-refractivity contribution in [1.29, 1.82) is 0 Å². The zero-order chi connectivity index (χ0) is 12.3. The minimum atomic E-state index is -0.568. The molecule has 0 spiro atoms. The average Bonchev–Trinajstić information content (AvgIpc) is 3.10. The van der Waals surface area contributed by atoms with E-state index in [4.69, 9.17) is 5.11 Å². The SMILES string of the molecule is OCC(CSc1ccc(F)cc1F)NC1CC1. The minimum Gasteiger partial charge on any atom is -0.395 e. The fourth-order valence-electron chi connectivity index (χ4n) is 1.52. The minimum absolute atomic E-state index is 0.0306. The van der Waals surface area contributed by atoms with Crippen LogP contribution in [0.4, 0.5) is 8.78 Å². The predicted molar refractivity (Wildman–Crippen MR) is 64.1 cm³/mol. The second-order valence-electron chi connectivity index (χ2n) is 4.21. The number of hydrogen-bond acceptors (Lipinski definition) is 3. The molecular formula is C12H15F2NOS. The van der Waals surface area contributed by atoms with Gasteiger partial charge in [-0.3, -0.25) is 0 Å². The number of nitrogens with one attached hydrogen (secondary N) is 1. The lowest BCUT2D eigenvalue weighted by Crippen LogP contribution is -2.36. The highest BCUT2D eigenvalue weighted by molar-refractivity contribution is 7.99. The Morgan fingerprint density at radius 3 is 2.76 bits per heavy atom. The fraction of sp³-hybridized carbons (Fsp3) is 0.500. The van der Waals surface area contributed by atoms with Crippen LogP contribution in [0.1, 0.15) is 12.8 Å². The maximum absolute atomic E-state index is 13.3. The van der Waals surface area contributed by atoms with Gasteiger partial charge in [0.05, 0.1) is 6.61 Å². The molecule has 2 N–H and O–H groups in total. The fourth-order valence-corrected chi connectivity index (χ4v) is 2.46. The molecule has 1 unspecified atom stereocenters. The first-order chi connectivity index (χ1) is 8.19. The number of rotatable bonds is 6. The van der Waals surface area contributed by atoms with E-state index in [9.17, 15) is 8.78 Å². The lowest BCUT2D eigenvalue weighted by Gasteiger charge is -2.15. The predicted octanol–water partition coefficient (Wildman–Crippen LogP) is 2.17. The first-order valence-corrected chi connectivity index (χ1v) is 6.62. The molecule has 0 aliphatic heterocycles. The highest BCUT2D eigenvalue weighted by Crippen LogP contribution is 2.25. The molecule has 94 valence electrons.